The topological polar surface area (TPSA) is 106 Å². The molecule has 0 saturated carbocycles. The highest BCUT2D eigenvalue weighted by Gasteiger charge is 2.35. The fourth-order valence-electron chi connectivity index (χ4n) is 2.02. The number of nitrogens with zero attached hydrogens (tertiary/aromatic N) is 2. The number of carbonyl (C=O) groups excluding carboxylic acids is 2. The molecule has 1 fully saturated rings. The van der Waals surface area contributed by atoms with E-state index in [1.54, 1.807) is 0 Å². The first kappa shape index (κ1) is 15.7. The lowest BCUT2D eigenvalue weighted by molar-refractivity contribution is -0.402. The molecule has 1 saturated heterocycles. The summed E-state index contributed by atoms with van der Waals surface area (Å²) < 4.78 is 18.1. The molecule has 1 N–H and O–H groups in total. The van der Waals surface area contributed by atoms with Gasteiger partial charge in [-0.25, -0.2) is 9.40 Å². The van der Waals surface area contributed by atoms with E-state index in [0.29, 0.717) is 0 Å². The summed E-state index contributed by atoms with van der Waals surface area (Å²) in [6.45, 7) is 0. The summed E-state index contributed by atoms with van der Waals surface area (Å²) in [5.74, 6) is -2.69. The summed E-state index contributed by atoms with van der Waals surface area (Å²) in [7, 11) is 0. The van der Waals surface area contributed by atoms with Crippen LogP contribution in [0.5, 0.6) is 0 Å². The number of nitro groups is 1. The van der Waals surface area contributed by atoms with E-state index in [-0.39, 0.29) is 22.0 Å². The summed E-state index contributed by atoms with van der Waals surface area (Å²) in [6.07, 6.45) is 1.08. The van der Waals surface area contributed by atoms with Gasteiger partial charge in [0.25, 0.3) is 11.8 Å². The third-order valence-corrected chi connectivity index (χ3v) is 3.42. The highest BCUT2D eigenvalue weighted by Crippen LogP contribution is 2.26. The molecule has 2 heterocycles. The van der Waals surface area contributed by atoms with Crippen LogP contribution in [-0.2, 0) is 9.59 Å². The molecule has 122 valence electrons. The van der Waals surface area contributed by atoms with Gasteiger partial charge < -0.3 is 4.42 Å². The van der Waals surface area contributed by atoms with Crippen molar-refractivity contribution in [1.82, 2.24) is 5.43 Å². The Labute approximate surface area is 138 Å². The number of hydrogen-bond donors (Lipinski definition) is 1. The number of anilines is 1. The van der Waals surface area contributed by atoms with Crippen molar-refractivity contribution in [2.24, 2.45) is 0 Å². The molecule has 2 aromatic rings. The normalized spacial score (nSPS) is 15.9. The van der Waals surface area contributed by atoms with Crippen LogP contribution >= 0.6 is 11.6 Å². The van der Waals surface area contributed by atoms with Crippen molar-refractivity contribution in [2.45, 2.75) is 0 Å². The van der Waals surface area contributed by atoms with E-state index in [4.69, 9.17) is 16.0 Å². The van der Waals surface area contributed by atoms with Gasteiger partial charge in [-0.3, -0.25) is 25.1 Å². The largest absolute Gasteiger partial charge is 0.433 e. The number of carbonyl (C=O) groups is 2. The van der Waals surface area contributed by atoms with E-state index in [0.717, 1.165) is 23.2 Å². The van der Waals surface area contributed by atoms with Gasteiger partial charge in [-0.05, 0) is 30.3 Å². The van der Waals surface area contributed by atoms with Gasteiger partial charge in [0.15, 0.2) is 0 Å². The lowest BCUT2D eigenvalue weighted by Crippen LogP contribution is -2.35. The zero-order valence-corrected chi connectivity index (χ0v) is 12.4. The molecule has 3 rings (SSSR count). The molecule has 1 aliphatic heterocycles. The molecule has 0 unspecified atom stereocenters. The average Bonchev–Trinajstić information content (AvgIpc) is 3.11. The van der Waals surface area contributed by atoms with Crippen molar-refractivity contribution in [3.8, 4) is 0 Å². The Morgan fingerprint density at radius 1 is 1.29 bits per heavy atom. The second-order valence-corrected chi connectivity index (χ2v) is 5.08. The standard InChI is InChI=1S/C14H7ClFN3O5/c15-10-5-7(1-3-11(10)16)18-14(21)9(13(20)17-18)6-8-2-4-12(24-8)19(22)23/h1-6H,(H,17,20)/b9-6+. The van der Waals surface area contributed by atoms with E-state index >= 15 is 0 Å². The van der Waals surface area contributed by atoms with E-state index in [2.05, 4.69) is 5.43 Å². The summed E-state index contributed by atoms with van der Waals surface area (Å²) in [6, 6.07) is 5.84. The molecule has 0 radical (unpaired) electrons. The second kappa shape index (κ2) is 5.78. The molecule has 1 aromatic carbocycles. The smallest absolute Gasteiger partial charge is 0.401 e. The molecule has 0 atom stereocenters. The maximum absolute atomic E-state index is 13.2. The Hall–Kier alpha value is -3.20. The fraction of sp³-hybridized carbons (Fsp3) is 0. The quantitative estimate of drug-likeness (QED) is 0.395. The van der Waals surface area contributed by atoms with Crippen LogP contribution < -0.4 is 10.4 Å². The van der Waals surface area contributed by atoms with Crippen molar-refractivity contribution in [2.75, 3.05) is 5.01 Å². The summed E-state index contributed by atoms with van der Waals surface area (Å²) in [5, 5.41) is 11.2. The minimum Gasteiger partial charge on any atom is -0.401 e. The molecule has 1 aliphatic rings. The first-order chi connectivity index (χ1) is 11.4. The van der Waals surface area contributed by atoms with E-state index in [9.17, 15) is 24.1 Å². The Balaban J connectivity index is 1.92. The monoisotopic (exact) mass is 351 g/mol. The molecule has 1 aromatic heterocycles. The Morgan fingerprint density at radius 3 is 2.67 bits per heavy atom. The first-order valence-electron chi connectivity index (χ1n) is 6.43. The van der Waals surface area contributed by atoms with Crippen LogP contribution in [0.3, 0.4) is 0 Å². The number of hydrazine groups is 1. The van der Waals surface area contributed by atoms with Crippen LogP contribution in [-0.4, -0.2) is 16.7 Å². The Morgan fingerprint density at radius 2 is 2.04 bits per heavy atom. The number of furan rings is 1. The number of amides is 2. The van der Waals surface area contributed by atoms with Crippen molar-refractivity contribution in [3.63, 3.8) is 0 Å². The van der Waals surface area contributed by atoms with E-state index in [1.807, 2.05) is 0 Å². The third kappa shape index (κ3) is 2.72. The third-order valence-electron chi connectivity index (χ3n) is 3.13. The van der Waals surface area contributed by atoms with Crippen molar-refractivity contribution < 1.29 is 23.3 Å². The molecule has 0 bridgehead atoms. The van der Waals surface area contributed by atoms with Gasteiger partial charge in [-0.15, -0.1) is 0 Å². The fourth-order valence-corrected chi connectivity index (χ4v) is 2.20. The van der Waals surface area contributed by atoms with Crippen LogP contribution in [0.15, 0.2) is 40.3 Å². The highest BCUT2D eigenvalue weighted by molar-refractivity contribution is 6.33. The lowest BCUT2D eigenvalue weighted by Gasteiger charge is -2.14. The minimum atomic E-state index is -0.745. The van der Waals surface area contributed by atoms with Gasteiger partial charge in [0.05, 0.1) is 16.8 Å². The summed E-state index contributed by atoms with van der Waals surface area (Å²) >= 11 is 5.66. The molecule has 24 heavy (non-hydrogen) atoms. The average molecular weight is 352 g/mol. The second-order valence-electron chi connectivity index (χ2n) is 4.67. The number of nitrogens with one attached hydrogen (secondary N) is 1. The molecular weight excluding hydrogens is 345 g/mol. The van der Waals surface area contributed by atoms with E-state index < -0.39 is 28.4 Å². The van der Waals surface area contributed by atoms with Gasteiger partial charge in [0, 0.05) is 0 Å². The number of hydrogen-bond acceptors (Lipinski definition) is 5. The Bertz CT molecular complexity index is 908. The maximum atomic E-state index is 13.2. The highest BCUT2D eigenvalue weighted by atomic mass is 35.5. The van der Waals surface area contributed by atoms with Crippen LogP contribution in [0.1, 0.15) is 5.76 Å². The number of benzene rings is 1. The van der Waals surface area contributed by atoms with Crippen LogP contribution in [0, 0.1) is 15.9 Å². The number of rotatable bonds is 3. The van der Waals surface area contributed by atoms with Crippen molar-refractivity contribution in [3.05, 3.63) is 62.6 Å². The van der Waals surface area contributed by atoms with Gasteiger partial charge in [0.1, 0.15) is 22.1 Å². The summed E-state index contributed by atoms with van der Waals surface area (Å²) in [5.41, 5.74) is 2.16. The van der Waals surface area contributed by atoms with Gasteiger partial charge in [-0.2, -0.15) is 0 Å². The van der Waals surface area contributed by atoms with Crippen molar-refractivity contribution >= 4 is 41.1 Å². The van der Waals surface area contributed by atoms with Gasteiger partial charge in [0.2, 0.25) is 0 Å². The predicted molar refractivity (Wildman–Crippen MR) is 80.4 cm³/mol. The lowest BCUT2D eigenvalue weighted by atomic mass is 10.2. The zero-order chi connectivity index (χ0) is 17.4. The van der Waals surface area contributed by atoms with E-state index in [1.165, 1.54) is 18.2 Å². The van der Waals surface area contributed by atoms with Crippen molar-refractivity contribution in [1.29, 1.82) is 0 Å². The Kier molecular flexibility index (Phi) is 3.78. The zero-order valence-electron chi connectivity index (χ0n) is 11.7. The molecule has 0 aliphatic carbocycles. The van der Waals surface area contributed by atoms with Gasteiger partial charge in [-0.1, -0.05) is 11.6 Å². The maximum Gasteiger partial charge on any atom is 0.433 e. The van der Waals surface area contributed by atoms with Gasteiger partial charge >= 0.3 is 5.88 Å². The van der Waals surface area contributed by atoms with Crippen LogP contribution in [0.2, 0.25) is 5.02 Å². The summed E-state index contributed by atoms with van der Waals surface area (Å²) in [4.78, 5) is 34.1. The number of halogens is 2. The van der Waals surface area contributed by atoms with Crippen LogP contribution in [0.25, 0.3) is 6.08 Å². The molecule has 0 spiro atoms. The molecule has 10 heteroatoms. The minimum absolute atomic E-state index is 0.0285. The first-order valence-corrected chi connectivity index (χ1v) is 6.81. The molecule has 8 nitrogen and oxygen atoms in total. The molecular formula is C14H7ClFN3O5. The predicted octanol–water partition coefficient (Wildman–Crippen LogP) is 2.44. The molecule has 2 amide bonds. The van der Waals surface area contributed by atoms with Crippen LogP contribution in [0.4, 0.5) is 16.0 Å². The SMILES string of the molecule is O=C1NN(c2ccc(F)c(Cl)c2)C(=O)/C1=C/c1ccc([N+](=O)[O-])o1.